The molecule has 1 N–H and O–H groups in total. The van der Waals surface area contributed by atoms with Crippen LogP contribution >= 0.6 is 23.2 Å². The molecule has 0 radical (unpaired) electrons. The zero-order valence-corrected chi connectivity index (χ0v) is 11.7. The minimum Gasteiger partial charge on any atom is -0.383 e. The summed E-state index contributed by atoms with van der Waals surface area (Å²) in [6.45, 7) is 2.96. The molecule has 0 saturated heterocycles. The maximum absolute atomic E-state index is 6.09. The van der Waals surface area contributed by atoms with E-state index in [4.69, 9.17) is 23.2 Å². The number of rotatable bonds is 4. The SMILES string of the molecule is Cc1ccccc1CCNc1cc(Cl)ccc1Cl. The Morgan fingerprint density at radius 2 is 1.83 bits per heavy atom. The fourth-order valence-corrected chi connectivity index (χ4v) is 2.21. The van der Waals surface area contributed by atoms with Gasteiger partial charge in [-0.05, 0) is 42.7 Å². The van der Waals surface area contributed by atoms with Crippen LogP contribution in [0, 0.1) is 6.92 Å². The molecule has 0 aliphatic rings. The van der Waals surface area contributed by atoms with Crippen LogP contribution < -0.4 is 5.32 Å². The van der Waals surface area contributed by atoms with Gasteiger partial charge in [-0.15, -0.1) is 0 Å². The minimum atomic E-state index is 0.692. The largest absolute Gasteiger partial charge is 0.383 e. The van der Waals surface area contributed by atoms with Crippen LogP contribution in [0.15, 0.2) is 42.5 Å². The lowest BCUT2D eigenvalue weighted by atomic mass is 10.1. The molecule has 0 spiro atoms. The Kier molecular flexibility index (Phi) is 4.51. The first kappa shape index (κ1) is 13.3. The van der Waals surface area contributed by atoms with Crippen molar-refractivity contribution in [1.82, 2.24) is 0 Å². The normalized spacial score (nSPS) is 10.4. The van der Waals surface area contributed by atoms with Gasteiger partial charge in [0.25, 0.3) is 0 Å². The summed E-state index contributed by atoms with van der Waals surface area (Å²) in [6.07, 6.45) is 0.968. The lowest BCUT2D eigenvalue weighted by Gasteiger charge is -2.10. The zero-order chi connectivity index (χ0) is 13.0. The molecule has 0 unspecified atom stereocenters. The third-order valence-electron chi connectivity index (χ3n) is 2.90. The van der Waals surface area contributed by atoms with Crippen molar-refractivity contribution in [3.8, 4) is 0 Å². The van der Waals surface area contributed by atoms with Crippen LogP contribution in [0.1, 0.15) is 11.1 Å². The van der Waals surface area contributed by atoms with Crippen LogP contribution in [-0.4, -0.2) is 6.54 Å². The van der Waals surface area contributed by atoms with E-state index in [-0.39, 0.29) is 0 Å². The van der Waals surface area contributed by atoms with Gasteiger partial charge in [-0.2, -0.15) is 0 Å². The molecule has 2 aromatic rings. The molecular weight excluding hydrogens is 265 g/mol. The third kappa shape index (κ3) is 3.41. The van der Waals surface area contributed by atoms with E-state index in [0.29, 0.717) is 10.0 Å². The summed E-state index contributed by atoms with van der Waals surface area (Å²) in [5.41, 5.74) is 3.55. The molecule has 0 atom stereocenters. The number of benzene rings is 2. The Bertz CT molecular complexity index is 538. The molecule has 0 aliphatic heterocycles. The molecule has 0 aromatic heterocycles. The highest BCUT2D eigenvalue weighted by Gasteiger charge is 2.01. The minimum absolute atomic E-state index is 0.692. The van der Waals surface area contributed by atoms with E-state index in [0.717, 1.165) is 18.7 Å². The van der Waals surface area contributed by atoms with Crippen molar-refractivity contribution in [2.24, 2.45) is 0 Å². The molecule has 18 heavy (non-hydrogen) atoms. The molecule has 94 valence electrons. The number of halogens is 2. The number of hydrogen-bond donors (Lipinski definition) is 1. The number of nitrogens with one attached hydrogen (secondary N) is 1. The second-order valence-electron chi connectivity index (χ2n) is 4.23. The Hall–Kier alpha value is -1.18. The molecular formula is C15H15Cl2N. The summed E-state index contributed by atoms with van der Waals surface area (Å²) in [4.78, 5) is 0. The van der Waals surface area contributed by atoms with Gasteiger partial charge in [0, 0.05) is 11.6 Å². The van der Waals surface area contributed by atoms with Crippen molar-refractivity contribution < 1.29 is 0 Å². The summed E-state index contributed by atoms with van der Waals surface area (Å²) in [5.74, 6) is 0. The van der Waals surface area contributed by atoms with Gasteiger partial charge in [0.2, 0.25) is 0 Å². The van der Waals surface area contributed by atoms with Crippen molar-refractivity contribution in [3.05, 3.63) is 63.6 Å². The molecule has 0 bridgehead atoms. The van der Waals surface area contributed by atoms with E-state index in [1.807, 2.05) is 6.07 Å². The Labute approximate surface area is 118 Å². The Morgan fingerprint density at radius 1 is 1.06 bits per heavy atom. The molecule has 2 aromatic carbocycles. The van der Waals surface area contributed by atoms with Crippen molar-refractivity contribution in [2.75, 3.05) is 11.9 Å². The average Bonchev–Trinajstić information content (AvgIpc) is 2.36. The number of aryl methyl sites for hydroxylation is 1. The van der Waals surface area contributed by atoms with E-state index >= 15 is 0 Å². The summed E-state index contributed by atoms with van der Waals surface area (Å²) in [6, 6.07) is 13.8. The van der Waals surface area contributed by atoms with Gasteiger partial charge >= 0.3 is 0 Å². The predicted molar refractivity (Wildman–Crippen MR) is 79.8 cm³/mol. The lowest BCUT2D eigenvalue weighted by Crippen LogP contribution is -2.06. The van der Waals surface area contributed by atoms with Gasteiger partial charge < -0.3 is 5.32 Å². The van der Waals surface area contributed by atoms with Crippen LogP contribution in [0.5, 0.6) is 0 Å². The second-order valence-corrected chi connectivity index (χ2v) is 5.07. The van der Waals surface area contributed by atoms with Crippen molar-refractivity contribution in [3.63, 3.8) is 0 Å². The van der Waals surface area contributed by atoms with Gasteiger partial charge in [0.1, 0.15) is 0 Å². The highest BCUT2D eigenvalue weighted by atomic mass is 35.5. The van der Waals surface area contributed by atoms with Gasteiger partial charge in [0.05, 0.1) is 10.7 Å². The van der Waals surface area contributed by atoms with E-state index in [2.05, 4.69) is 36.5 Å². The molecule has 0 aliphatic carbocycles. The van der Waals surface area contributed by atoms with Crippen molar-refractivity contribution in [1.29, 1.82) is 0 Å². The molecule has 0 amide bonds. The van der Waals surface area contributed by atoms with Crippen LogP contribution in [0.2, 0.25) is 10.0 Å². The van der Waals surface area contributed by atoms with Gasteiger partial charge in [0.15, 0.2) is 0 Å². The first-order valence-electron chi connectivity index (χ1n) is 5.90. The smallest absolute Gasteiger partial charge is 0.0638 e. The van der Waals surface area contributed by atoms with E-state index in [1.165, 1.54) is 11.1 Å². The highest BCUT2D eigenvalue weighted by Crippen LogP contribution is 2.25. The van der Waals surface area contributed by atoms with Gasteiger partial charge in [-0.3, -0.25) is 0 Å². The van der Waals surface area contributed by atoms with Crippen molar-refractivity contribution in [2.45, 2.75) is 13.3 Å². The summed E-state index contributed by atoms with van der Waals surface area (Å²) in [7, 11) is 0. The van der Waals surface area contributed by atoms with Crippen LogP contribution in [0.4, 0.5) is 5.69 Å². The van der Waals surface area contributed by atoms with Gasteiger partial charge in [-0.25, -0.2) is 0 Å². The zero-order valence-electron chi connectivity index (χ0n) is 10.2. The van der Waals surface area contributed by atoms with Crippen LogP contribution in [-0.2, 0) is 6.42 Å². The van der Waals surface area contributed by atoms with E-state index in [9.17, 15) is 0 Å². The molecule has 2 rings (SSSR count). The second kappa shape index (κ2) is 6.12. The monoisotopic (exact) mass is 279 g/mol. The Morgan fingerprint density at radius 3 is 2.61 bits per heavy atom. The standard InChI is InChI=1S/C15H15Cl2N/c1-11-4-2-3-5-12(11)8-9-18-15-10-13(16)6-7-14(15)17/h2-7,10,18H,8-9H2,1H3. The fraction of sp³-hybridized carbons (Fsp3) is 0.200. The molecule has 0 saturated carbocycles. The first-order valence-corrected chi connectivity index (χ1v) is 6.66. The number of hydrogen-bond acceptors (Lipinski definition) is 1. The van der Waals surface area contributed by atoms with Crippen molar-refractivity contribution >= 4 is 28.9 Å². The topological polar surface area (TPSA) is 12.0 Å². The highest BCUT2D eigenvalue weighted by molar-refractivity contribution is 6.35. The van der Waals surface area contributed by atoms with E-state index < -0.39 is 0 Å². The van der Waals surface area contributed by atoms with Crippen LogP contribution in [0.25, 0.3) is 0 Å². The predicted octanol–water partition coefficient (Wildman–Crippen LogP) is 4.96. The van der Waals surface area contributed by atoms with E-state index in [1.54, 1.807) is 12.1 Å². The Balaban J connectivity index is 1.96. The maximum atomic E-state index is 6.09. The van der Waals surface area contributed by atoms with Gasteiger partial charge in [-0.1, -0.05) is 47.5 Å². The lowest BCUT2D eigenvalue weighted by molar-refractivity contribution is 1.01. The quantitative estimate of drug-likeness (QED) is 0.835. The van der Waals surface area contributed by atoms with Crippen LogP contribution in [0.3, 0.4) is 0 Å². The summed E-state index contributed by atoms with van der Waals surface area (Å²) in [5, 5.41) is 4.70. The first-order chi connectivity index (χ1) is 8.66. The number of anilines is 1. The third-order valence-corrected chi connectivity index (χ3v) is 3.46. The maximum Gasteiger partial charge on any atom is 0.0638 e. The molecule has 0 fully saturated rings. The molecule has 1 nitrogen and oxygen atoms in total. The molecule has 0 heterocycles. The average molecular weight is 280 g/mol. The fourth-order valence-electron chi connectivity index (χ4n) is 1.86. The summed E-state index contributed by atoms with van der Waals surface area (Å²) >= 11 is 12.0. The molecule has 3 heteroatoms. The summed E-state index contributed by atoms with van der Waals surface area (Å²) < 4.78 is 0.